The van der Waals surface area contributed by atoms with Gasteiger partial charge in [-0.2, -0.15) is 0 Å². The predicted molar refractivity (Wildman–Crippen MR) is 39.1 cm³/mol. The fourth-order valence-electron chi connectivity index (χ4n) is 0.105. The van der Waals surface area contributed by atoms with E-state index in [1.54, 1.807) is 0 Å². The third kappa shape index (κ3) is 23.6. The molecule has 5 N–H and O–H groups in total. The molecule has 3 amide bonds. The third-order valence-corrected chi connectivity index (χ3v) is 0.573. The van der Waals surface area contributed by atoms with Crippen LogP contribution in [0.4, 0.5) is 9.59 Å². The second-order valence-electron chi connectivity index (χ2n) is 1.32. The largest absolute Gasteiger partial charge is 0.480 e. The number of carbonyl (C=O) groups is 3. The number of carboxylic acid groups (broad SMARTS) is 2. The molecule has 0 spiro atoms. The number of primary amides is 1. The fraction of sp³-hybridized carbons (Fsp3) is 0.250. The van der Waals surface area contributed by atoms with Gasteiger partial charge in [0.15, 0.2) is 0 Å². The van der Waals surface area contributed by atoms with Gasteiger partial charge in [0.05, 0.1) is 0 Å². The molecule has 0 aliphatic rings. The molecule has 0 heterocycles. The van der Waals surface area contributed by atoms with Crippen molar-refractivity contribution in [1.29, 1.82) is 0 Å². The lowest BCUT2D eigenvalue weighted by molar-refractivity contribution is -0.134. The summed E-state index contributed by atoms with van der Waals surface area (Å²) in [5.74, 6) is -1.29. The van der Waals surface area contributed by atoms with Gasteiger partial charge in [-0.3, -0.25) is 4.79 Å². The molecule has 0 aromatic heterocycles. The molecule has 0 fully saturated rings. The summed E-state index contributed by atoms with van der Waals surface area (Å²) < 4.78 is 0. The molecule has 0 aromatic rings. The standard InChI is InChI=1S/C2H3ClO2.C2H4N2O3/c3-1-2(4)5;3-1(5)4-2(6)7/h1H2,(H,4,5);(H,6,7)(H3,3,4,5). The van der Waals surface area contributed by atoms with Crippen LogP contribution in [0.2, 0.25) is 0 Å². The number of alkyl halides is 1. The minimum Gasteiger partial charge on any atom is -0.480 e. The molecule has 0 saturated carbocycles. The van der Waals surface area contributed by atoms with Crippen LogP contribution in [0, 0.1) is 0 Å². The van der Waals surface area contributed by atoms with Gasteiger partial charge in [-0.15, -0.1) is 11.6 Å². The minimum absolute atomic E-state index is 0.306. The molecule has 0 saturated heterocycles. The maximum atomic E-state index is 9.54. The van der Waals surface area contributed by atoms with E-state index in [1.165, 1.54) is 5.32 Å². The van der Waals surface area contributed by atoms with Crippen molar-refractivity contribution in [1.82, 2.24) is 5.32 Å². The first-order valence-corrected chi connectivity index (χ1v) is 3.00. The van der Waals surface area contributed by atoms with Crippen molar-refractivity contribution < 1.29 is 24.6 Å². The number of halogens is 1. The molecule has 12 heavy (non-hydrogen) atoms. The number of nitrogens with one attached hydrogen (secondary N) is 1. The monoisotopic (exact) mass is 198 g/mol. The number of imide groups is 1. The lowest BCUT2D eigenvalue weighted by Crippen LogP contribution is -2.33. The van der Waals surface area contributed by atoms with Gasteiger partial charge in [0.1, 0.15) is 5.88 Å². The van der Waals surface area contributed by atoms with E-state index in [9.17, 15) is 14.4 Å². The van der Waals surface area contributed by atoms with Crippen LogP contribution < -0.4 is 11.1 Å². The lowest BCUT2D eigenvalue weighted by atomic mass is 10.8. The SMILES string of the molecule is NC(=O)NC(=O)O.O=C(O)CCl. The second kappa shape index (κ2) is 7.61. The van der Waals surface area contributed by atoms with Crippen LogP contribution in [0.5, 0.6) is 0 Å². The van der Waals surface area contributed by atoms with Crippen LogP contribution in [0.3, 0.4) is 0 Å². The van der Waals surface area contributed by atoms with E-state index in [0.717, 1.165) is 0 Å². The maximum Gasteiger partial charge on any atom is 0.412 e. The Bertz CT molecular complexity index is 170. The zero-order valence-corrected chi connectivity index (χ0v) is 6.54. The summed E-state index contributed by atoms with van der Waals surface area (Å²) in [5, 5.41) is 16.6. The number of amides is 3. The van der Waals surface area contributed by atoms with Gasteiger partial charge in [-0.05, 0) is 0 Å². The van der Waals surface area contributed by atoms with Gasteiger partial charge >= 0.3 is 18.1 Å². The molecular weight excluding hydrogens is 192 g/mol. The number of urea groups is 1. The summed E-state index contributed by atoms with van der Waals surface area (Å²) in [6.45, 7) is 0. The highest BCUT2D eigenvalue weighted by Gasteiger charge is 1.94. The van der Waals surface area contributed by atoms with Gasteiger partial charge in [0, 0.05) is 0 Å². The van der Waals surface area contributed by atoms with Crippen molar-refractivity contribution in [3.8, 4) is 0 Å². The first-order chi connectivity index (χ1) is 5.40. The molecule has 8 heteroatoms. The minimum atomic E-state index is -1.44. The highest BCUT2D eigenvalue weighted by atomic mass is 35.5. The van der Waals surface area contributed by atoms with E-state index in [1.807, 2.05) is 0 Å². The van der Waals surface area contributed by atoms with E-state index in [2.05, 4.69) is 5.73 Å². The van der Waals surface area contributed by atoms with Gasteiger partial charge in [-0.25, -0.2) is 14.9 Å². The molecule has 0 unspecified atom stereocenters. The fourth-order valence-corrected chi connectivity index (χ4v) is 0.105. The van der Waals surface area contributed by atoms with E-state index in [-0.39, 0.29) is 5.88 Å². The van der Waals surface area contributed by atoms with Crippen LogP contribution in [0.25, 0.3) is 0 Å². The van der Waals surface area contributed by atoms with Crippen LogP contribution in [-0.2, 0) is 4.79 Å². The topological polar surface area (TPSA) is 130 Å². The van der Waals surface area contributed by atoms with E-state index in [4.69, 9.17) is 21.8 Å². The average molecular weight is 199 g/mol. The molecule has 0 rings (SSSR count). The van der Waals surface area contributed by atoms with Crippen LogP contribution in [0.15, 0.2) is 0 Å². The number of hydrogen-bond acceptors (Lipinski definition) is 3. The Labute approximate surface area is 72.1 Å². The second-order valence-corrected chi connectivity index (χ2v) is 1.59. The summed E-state index contributed by atoms with van der Waals surface area (Å²) in [6, 6.07) is -1.06. The summed E-state index contributed by atoms with van der Waals surface area (Å²) in [5.41, 5.74) is 4.36. The van der Waals surface area contributed by atoms with Crippen molar-refractivity contribution in [3.63, 3.8) is 0 Å². The lowest BCUT2D eigenvalue weighted by Gasteiger charge is -1.86. The third-order valence-electron chi connectivity index (χ3n) is 0.344. The van der Waals surface area contributed by atoms with E-state index >= 15 is 0 Å². The Kier molecular flexibility index (Phi) is 8.31. The Morgan fingerprint density at radius 1 is 1.33 bits per heavy atom. The molecule has 70 valence electrons. The maximum absolute atomic E-state index is 9.54. The average Bonchev–Trinajstić information content (AvgIpc) is 1.85. The normalized spacial score (nSPS) is 7.42. The molecule has 7 nitrogen and oxygen atoms in total. The zero-order chi connectivity index (χ0) is 10.1. The summed E-state index contributed by atoms with van der Waals surface area (Å²) in [6.07, 6.45) is -1.44. The molecule has 0 atom stereocenters. The highest BCUT2D eigenvalue weighted by molar-refractivity contribution is 6.26. The molecule has 0 bridgehead atoms. The zero-order valence-electron chi connectivity index (χ0n) is 5.78. The van der Waals surface area contributed by atoms with Crippen LogP contribution >= 0.6 is 11.6 Å². The molecule has 0 aromatic carbocycles. The number of hydrogen-bond donors (Lipinski definition) is 4. The summed E-state index contributed by atoms with van der Waals surface area (Å²) in [7, 11) is 0. The molecule has 0 aliphatic carbocycles. The Hall–Kier alpha value is -1.50. The van der Waals surface area contributed by atoms with Gasteiger partial charge in [-0.1, -0.05) is 0 Å². The van der Waals surface area contributed by atoms with Gasteiger partial charge in [0.25, 0.3) is 0 Å². The number of rotatable bonds is 1. The van der Waals surface area contributed by atoms with Crippen LogP contribution in [-0.4, -0.2) is 34.2 Å². The Morgan fingerprint density at radius 3 is 1.67 bits per heavy atom. The Balaban J connectivity index is 0. The number of carbonyl (C=O) groups excluding carboxylic acids is 1. The predicted octanol–water partition coefficient (Wildman–Crippen LogP) is -0.358. The van der Waals surface area contributed by atoms with Crippen LogP contribution in [0.1, 0.15) is 0 Å². The van der Waals surface area contributed by atoms with Crippen molar-refractivity contribution >= 4 is 29.7 Å². The molecular formula is C4H7ClN2O5. The van der Waals surface area contributed by atoms with E-state index < -0.39 is 18.1 Å². The Morgan fingerprint density at radius 2 is 1.67 bits per heavy atom. The van der Waals surface area contributed by atoms with Crippen molar-refractivity contribution in [2.75, 3.05) is 5.88 Å². The highest BCUT2D eigenvalue weighted by Crippen LogP contribution is 1.67. The van der Waals surface area contributed by atoms with Crippen molar-refractivity contribution in [3.05, 3.63) is 0 Å². The number of aliphatic carboxylic acids is 1. The molecule has 0 radical (unpaired) electrons. The van der Waals surface area contributed by atoms with Crippen molar-refractivity contribution in [2.24, 2.45) is 5.73 Å². The smallest absolute Gasteiger partial charge is 0.412 e. The number of carboxylic acids is 1. The first-order valence-electron chi connectivity index (χ1n) is 2.47. The quantitative estimate of drug-likeness (QED) is 0.428. The van der Waals surface area contributed by atoms with E-state index in [0.29, 0.717) is 0 Å². The number of nitrogens with two attached hydrogens (primary N) is 1. The van der Waals surface area contributed by atoms with Crippen molar-refractivity contribution in [2.45, 2.75) is 0 Å². The van der Waals surface area contributed by atoms with Gasteiger partial charge < -0.3 is 15.9 Å². The van der Waals surface area contributed by atoms with Gasteiger partial charge in [0.2, 0.25) is 0 Å². The first kappa shape index (κ1) is 13.1. The summed E-state index contributed by atoms with van der Waals surface area (Å²) >= 11 is 4.74. The summed E-state index contributed by atoms with van der Waals surface area (Å²) in [4.78, 5) is 28.2. The molecule has 0 aliphatic heterocycles.